The average Bonchev–Trinajstić information content (AvgIpc) is 2.47. The highest BCUT2D eigenvalue weighted by molar-refractivity contribution is 6.05. The summed E-state index contributed by atoms with van der Waals surface area (Å²) in [7, 11) is 0. The third-order valence-corrected chi connectivity index (χ3v) is 3.49. The molecule has 2 atom stereocenters. The zero-order valence-corrected chi connectivity index (χ0v) is 11.8. The number of rotatable bonds is 2. The van der Waals surface area contributed by atoms with Crippen molar-refractivity contribution in [3.8, 4) is 6.07 Å². The quantitative estimate of drug-likeness (QED) is 0.759. The minimum Gasteiger partial charge on any atom is -0.481 e. The Balaban J connectivity index is 2.28. The Hall–Kier alpha value is -2.61. The van der Waals surface area contributed by atoms with Crippen LogP contribution in [0.1, 0.15) is 19.8 Å². The summed E-state index contributed by atoms with van der Waals surface area (Å²) in [5.41, 5.74) is 8.02. The molecule has 0 aromatic rings. The van der Waals surface area contributed by atoms with Crippen LogP contribution in [0.4, 0.5) is 0 Å². The van der Waals surface area contributed by atoms with Gasteiger partial charge in [0.25, 0.3) is 0 Å². The molecule has 0 bridgehead atoms. The van der Waals surface area contributed by atoms with Crippen molar-refractivity contribution < 1.29 is 9.90 Å². The van der Waals surface area contributed by atoms with Crippen molar-refractivity contribution in [2.24, 2.45) is 22.6 Å². The molecule has 5 nitrogen and oxygen atoms in total. The fourth-order valence-corrected chi connectivity index (χ4v) is 2.28. The van der Waals surface area contributed by atoms with Gasteiger partial charge in [-0.25, -0.2) is 0 Å². The normalized spacial score (nSPS) is 29.0. The molecule has 0 spiro atoms. The van der Waals surface area contributed by atoms with Crippen molar-refractivity contribution in [2.45, 2.75) is 19.8 Å². The van der Waals surface area contributed by atoms with Gasteiger partial charge in [-0.3, -0.25) is 9.79 Å². The van der Waals surface area contributed by atoms with Gasteiger partial charge in [-0.05, 0) is 24.8 Å². The summed E-state index contributed by atoms with van der Waals surface area (Å²) in [6.07, 6.45) is 10.1. The largest absolute Gasteiger partial charge is 0.481 e. The summed E-state index contributed by atoms with van der Waals surface area (Å²) in [4.78, 5) is 15.4. The number of nitrogens with two attached hydrogens (primary N) is 1. The van der Waals surface area contributed by atoms with Gasteiger partial charge < -0.3 is 10.8 Å². The van der Waals surface area contributed by atoms with Crippen LogP contribution in [0.25, 0.3) is 0 Å². The van der Waals surface area contributed by atoms with E-state index in [0.29, 0.717) is 30.0 Å². The highest BCUT2D eigenvalue weighted by atomic mass is 16.4. The highest BCUT2D eigenvalue weighted by Gasteiger charge is 2.19. The summed E-state index contributed by atoms with van der Waals surface area (Å²) in [6.45, 7) is 2.07. The lowest BCUT2D eigenvalue weighted by molar-refractivity contribution is -0.139. The number of allylic oxidation sites excluding steroid dienone is 6. The molecule has 0 aliphatic heterocycles. The lowest BCUT2D eigenvalue weighted by Gasteiger charge is -2.18. The lowest BCUT2D eigenvalue weighted by Crippen LogP contribution is -2.16. The molecule has 108 valence electrons. The first-order valence-corrected chi connectivity index (χ1v) is 6.78. The van der Waals surface area contributed by atoms with Crippen LogP contribution in [-0.2, 0) is 4.79 Å². The minimum absolute atomic E-state index is 0.153. The molecule has 0 amide bonds. The van der Waals surface area contributed by atoms with E-state index in [4.69, 9.17) is 16.1 Å². The first-order chi connectivity index (χ1) is 10.0. The number of nitrogens with zero attached hydrogens (tertiary/aromatic N) is 2. The molecule has 2 aliphatic rings. The molecule has 2 rings (SSSR count). The third kappa shape index (κ3) is 3.48. The van der Waals surface area contributed by atoms with Crippen LogP contribution >= 0.6 is 0 Å². The van der Waals surface area contributed by atoms with E-state index in [1.54, 1.807) is 18.2 Å². The first-order valence-electron chi connectivity index (χ1n) is 6.78. The summed E-state index contributed by atoms with van der Waals surface area (Å²) in [5.74, 6) is -0.991. The number of aliphatic carboxylic acids is 1. The van der Waals surface area contributed by atoms with E-state index in [9.17, 15) is 4.79 Å². The van der Waals surface area contributed by atoms with E-state index in [0.717, 1.165) is 5.71 Å². The second-order valence-corrected chi connectivity index (χ2v) is 5.21. The number of aliphatic imine (C=N–C) groups is 1. The predicted molar refractivity (Wildman–Crippen MR) is 80.1 cm³/mol. The fraction of sp³-hybridized carbons (Fsp3) is 0.312. The van der Waals surface area contributed by atoms with E-state index in [2.05, 4.69) is 11.9 Å². The summed E-state index contributed by atoms with van der Waals surface area (Å²) in [5, 5.41) is 17.9. The molecule has 0 heterocycles. The number of carboxylic acids is 1. The molecule has 3 N–H and O–H groups in total. The Morgan fingerprint density at radius 1 is 1.48 bits per heavy atom. The third-order valence-electron chi connectivity index (χ3n) is 3.49. The minimum atomic E-state index is -0.835. The topological polar surface area (TPSA) is 99.5 Å². The molecule has 0 aromatic carbocycles. The second kappa shape index (κ2) is 6.23. The number of carboxylic acid groups (broad SMARTS) is 1. The Bertz CT molecular complexity index is 645. The van der Waals surface area contributed by atoms with Crippen LogP contribution in [-0.4, -0.2) is 16.8 Å². The van der Waals surface area contributed by atoms with E-state index in [-0.39, 0.29) is 5.70 Å². The van der Waals surface area contributed by atoms with Crippen LogP contribution in [0.3, 0.4) is 0 Å². The number of carbonyl (C=O) groups is 1. The summed E-state index contributed by atoms with van der Waals surface area (Å²) >= 11 is 0. The summed E-state index contributed by atoms with van der Waals surface area (Å²) in [6, 6.07) is 1.95. The monoisotopic (exact) mass is 283 g/mol. The van der Waals surface area contributed by atoms with E-state index in [1.165, 1.54) is 0 Å². The van der Waals surface area contributed by atoms with E-state index < -0.39 is 11.9 Å². The lowest BCUT2D eigenvalue weighted by atomic mass is 9.90. The predicted octanol–water partition coefficient (Wildman–Crippen LogP) is 2.30. The number of hydrogen-bond acceptors (Lipinski definition) is 4. The maximum atomic E-state index is 10.9. The molecule has 0 fully saturated rings. The van der Waals surface area contributed by atoms with Gasteiger partial charge in [0.1, 0.15) is 11.8 Å². The molecule has 21 heavy (non-hydrogen) atoms. The van der Waals surface area contributed by atoms with Gasteiger partial charge in [0.2, 0.25) is 0 Å². The van der Waals surface area contributed by atoms with Gasteiger partial charge in [0, 0.05) is 5.57 Å². The first kappa shape index (κ1) is 14.8. The smallest absolute Gasteiger partial charge is 0.310 e. The van der Waals surface area contributed by atoms with Gasteiger partial charge in [0.05, 0.1) is 17.3 Å². The van der Waals surface area contributed by atoms with Crippen LogP contribution in [0.5, 0.6) is 0 Å². The highest BCUT2D eigenvalue weighted by Crippen LogP contribution is 2.24. The van der Waals surface area contributed by atoms with Gasteiger partial charge in [-0.1, -0.05) is 31.2 Å². The van der Waals surface area contributed by atoms with E-state index >= 15 is 0 Å². The van der Waals surface area contributed by atoms with Crippen LogP contribution in [0, 0.1) is 23.2 Å². The number of hydrogen-bond donors (Lipinski definition) is 2. The zero-order chi connectivity index (χ0) is 15.4. The van der Waals surface area contributed by atoms with Crippen molar-refractivity contribution in [3.05, 3.63) is 47.3 Å². The Morgan fingerprint density at radius 3 is 2.81 bits per heavy atom. The standard InChI is InChI=1S/C16H17N3O2/c1-10-2-7-13(14(18)9-17)15(8-10)19-12-5-3-11(4-6-12)16(20)21/h2-3,5-7,10-11H,4,8,18H2,1H3,(H,20,21)/b14-13-,19-15?. The molecule has 0 aromatic heterocycles. The van der Waals surface area contributed by atoms with Crippen LogP contribution < -0.4 is 5.73 Å². The van der Waals surface area contributed by atoms with Gasteiger partial charge in [0.15, 0.2) is 0 Å². The van der Waals surface area contributed by atoms with Crippen molar-refractivity contribution >= 4 is 11.7 Å². The van der Waals surface area contributed by atoms with Gasteiger partial charge >= 0.3 is 5.97 Å². The Morgan fingerprint density at radius 2 is 2.24 bits per heavy atom. The SMILES string of the molecule is CC1C=C/C(=C(/N)C#N)C(=NC2=CCC(C(=O)O)C=C2)C1. The van der Waals surface area contributed by atoms with Gasteiger partial charge in [-0.15, -0.1) is 0 Å². The van der Waals surface area contributed by atoms with Crippen molar-refractivity contribution in [1.29, 1.82) is 5.26 Å². The molecule has 0 saturated carbocycles. The van der Waals surface area contributed by atoms with E-state index in [1.807, 2.05) is 18.2 Å². The van der Waals surface area contributed by atoms with Crippen molar-refractivity contribution in [3.63, 3.8) is 0 Å². The average molecular weight is 283 g/mol. The zero-order valence-electron chi connectivity index (χ0n) is 11.8. The second-order valence-electron chi connectivity index (χ2n) is 5.21. The van der Waals surface area contributed by atoms with Crippen LogP contribution in [0.15, 0.2) is 52.3 Å². The molecule has 2 aliphatic carbocycles. The molecule has 5 heteroatoms. The maximum absolute atomic E-state index is 10.9. The van der Waals surface area contributed by atoms with Gasteiger partial charge in [-0.2, -0.15) is 5.26 Å². The Labute approximate surface area is 123 Å². The number of nitriles is 1. The molecule has 0 saturated heterocycles. The molecular formula is C16H17N3O2. The van der Waals surface area contributed by atoms with Crippen molar-refractivity contribution in [2.75, 3.05) is 0 Å². The maximum Gasteiger partial charge on any atom is 0.310 e. The Kier molecular flexibility index (Phi) is 4.39. The van der Waals surface area contributed by atoms with Crippen LogP contribution in [0.2, 0.25) is 0 Å². The van der Waals surface area contributed by atoms with Crippen molar-refractivity contribution in [1.82, 2.24) is 0 Å². The molecule has 2 unspecified atom stereocenters. The fourth-order valence-electron chi connectivity index (χ4n) is 2.28. The molecule has 0 radical (unpaired) electrons. The summed E-state index contributed by atoms with van der Waals surface area (Å²) < 4.78 is 0. The molecular weight excluding hydrogens is 266 g/mol.